The normalized spacial score (nSPS) is 11.8. The first-order valence-electron chi connectivity index (χ1n) is 20.2. The van der Waals surface area contributed by atoms with Crippen LogP contribution in [0.3, 0.4) is 0 Å². The van der Waals surface area contributed by atoms with E-state index in [1.54, 1.807) is 0 Å². The number of alkyl halides is 1. The highest BCUT2D eigenvalue weighted by molar-refractivity contribution is 9.09. The van der Waals surface area contributed by atoms with Crippen LogP contribution < -0.4 is 26.6 Å². The zero-order valence-electron chi connectivity index (χ0n) is 33.9. The van der Waals surface area contributed by atoms with Gasteiger partial charge in [-0.3, -0.25) is 28.5 Å². The van der Waals surface area contributed by atoms with Crippen LogP contribution in [0.5, 0.6) is 0 Å². The van der Waals surface area contributed by atoms with Crippen molar-refractivity contribution in [3.05, 3.63) is 0 Å². The van der Waals surface area contributed by atoms with E-state index in [0.717, 1.165) is 70.6 Å². The summed E-state index contributed by atoms with van der Waals surface area (Å²) in [5.41, 5.74) is 0. The number of carbonyl (C=O) groups excluding carboxylic acids is 5. The molecule has 0 aromatic rings. The van der Waals surface area contributed by atoms with Crippen molar-refractivity contribution in [2.24, 2.45) is 0 Å². The Balaban J connectivity index is 3.66. The summed E-state index contributed by atoms with van der Waals surface area (Å²) in [7, 11) is -3.85. The number of hydrogen-bond donors (Lipinski definition) is 7. The quantitative estimate of drug-likeness (QED) is 0.0261. The molecule has 0 heterocycles. The molecule has 0 saturated heterocycles. The Kier molecular flexibility index (Phi) is 36.3. The van der Waals surface area contributed by atoms with Gasteiger partial charge in [0, 0.05) is 39.0 Å². The van der Waals surface area contributed by atoms with Crippen molar-refractivity contribution in [1.29, 1.82) is 0 Å². The van der Waals surface area contributed by atoms with Crippen molar-refractivity contribution < 1.29 is 65.8 Å². The van der Waals surface area contributed by atoms with Gasteiger partial charge in [-0.2, -0.15) is 8.42 Å². The molecule has 0 aliphatic heterocycles. The van der Waals surface area contributed by atoms with Crippen LogP contribution in [-0.4, -0.2) is 150 Å². The molecule has 19 nitrogen and oxygen atoms in total. The maximum absolute atomic E-state index is 12.3. The molecular formula is C37H68BrN5O14S. The van der Waals surface area contributed by atoms with E-state index in [4.69, 9.17) is 23.5 Å². The van der Waals surface area contributed by atoms with E-state index in [0.29, 0.717) is 25.9 Å². The van der Waals surface area contributed by atoms with Gasteiger partial charge in [0.25, 0.3) is 10.1 Å². The Hall–Kier alpha value is -2.95. The lowest BCUT2D eigenvalue weighted by molar-refractivity contribution is -0.142. The summed E-state index contributed by atoms with van der Waals surface area (Å²) >= 11 is 3.02. The summed E-state index contributed by atoms with van der Waals surface area (Å²) in [4.78, 5) is 70.6. The number of carboxylic acids is 1. The minimum atomic E-state index is -3.85. The Morgan fingerprint density at radius 1 is 0.500 bits per heavy atom. The molecule has 7 N–H and O–H groups in total. The molecule has 0 saturated carbocycles. The number of carboxylic acid groups (broad SMARTS) is 1. The number of unbranched alkanes of at least 4 members (excludes halogenated alkanes) is 12. The smallest absolute Gasteiger partial charge is 0.326 e. The number of rotatable bonds is 41. The number of aliphatic carboxylic acids is 1. The van der Waals surface area contributed by atoms with E-state index in [1.165, 1.54) is 0 Å². The van der Waals surface area contributed by atoms with Crippen LogP contribution in [0.2, 0.25) is 0 Å². The molecule has 58 heavy (non-hydrogen) atoms. The summed E-state index contributed by atoms with van der Waals surface area (Å²) in [6.07, 6.45) is 12.8. The van der Waals surface area contributed by atoms with Crippen molar-refractivity contribution >= 4 is 61.6 Å². The summed E-state index contributed by atoms with van der Waals surface area (Å²) < 4.78 is 51.3. The maximum atomic E-state index is 12.3. The zero-order chi connectivity index (χ0) is 43.1. The molecule has 0 bridgehead atoms. The van der Waals surface area contributed by atoms with Gasteiger partial charge in [0.1, 0.15) is 19.3 Å². The number of halogens is 1. The predicted molar refractivity (Wildman–Crippen MR) is 219 cm³/mol. The van der Waals surface area contributed by atoms with Gasteiger partial charge in [0.05, 0.1) is 50.7 Å². The molecule has 1 atom stereocenters. The number of carbonyl (C=O) groups is 6. The fraction of sp³-hybridized carbons (Fsp3) is 0.838. The van der Waals surface area contributed by atoms with Crippen LogP contribution in [0.25, 0.3) is 0 Å². The van der Waals surface area contributed by atoms with Gasteiger partial charge in [-0.1, -0.05) is 86.6 Å². The van der Waals surface area contributed by atoms with Crippen molar-refractivity contribution in [2.45, 2.75) is 109 Å². The summed E-state index contributed by atoms with van der Waals surface area (Å²) in [6, 6.07) is -1.16. The number of hydrogen-bond acceptors (Lipinski definition) is 12. The lowest BCUT2D eigenvalue weighted by Crippen LogP contribution is -2.41. The number of amides is 5. The first-order chi connectivity index (χ1) is 27.8. The van der Waals surface area contributed by atoms with Crippen molar-refractivity contribution in [3.8, 4) is 0 Å². The van der Waals surface area contributed by atoms with Crippen molar-refractivity contribution in [1.82, 2.24) is 26.6 Å². The lowest BCUT2D eigenvalue weighted by atomic mass is 10.0. The molecule has 0 aliphatic carbocycles. The van der Waals surface area contributed by atoms with Crippen LogP contribution in [0.15, 0.2) is 0 Å². The minimum Gasteiger partial charge on any atom is -0.480 e. The molecule has 21 heteroatoms. The van der Waals surface area contributed by atoms with Crippen LogP contribution in [0.1, 0.15) is 103 Å². The molecule has 0 aromatic carbocycles. The fourth-order valence-electron chi connectivity index (χ4n) is 5.25. The third-order valence-electron chi connectivity index (χ3n) is 8.34. The maximum Gasteiger partial charge on any atom is 0.326 e. The molecule has 0 aromatic heterocycles. The van der Waals surface area contributed by atoms with E-state index in [1.807, 2.05) is 0 Å². The van der Waals surface area contributed by atoms with Gasteiger partial charge in [-0.15, -0.1) is 0 Å². The fourth-order valence-corrected chi connectivity index (χ4v) is 6.02. The second-order valence-corrected chi connectivity index (χ2v) is 15.6. The average Bonchev–Trinajstić information content (AvgIpc) is 3.17. The molecule has 0 fully saturated rings. The standard InChI is InChI=1S/C37H68BrN5O14S/c38-28-34(46)39-17-18-40-35(47)29-56-25-24-55-22-20-42-36(48)30-57-26-23-54-21-19-41-32(44)16-15-31(37(49)50)43-33(45)14-12-10-8-6-4-2-1-3-5-7-9-11-13-27-58(51,52)53/h31H,1-30H2,(H,39,46)(H,40,47)(H,41,44)(H,42,48)(H,43,45)(H,49,50)(H,51,52,53). The Morgan fingerprint density at radius 3 is 1.38 bits per heavy atom. The average molecular weight is 919 g/mol. The number of ether oxygens (including phenoxy) is 4. The SMILES string of the molecule is O=C(CBr)NCCNC(=O)COCCOCCNC(=O)COCCOCCNC(=O)CCC(NC(=O)CCCCCCCCCCCCCCCS(=O)(=O)O)C(=O)O. The number of nitrogens with one attached hydrogen (secondary N) is 5. The molecule has 0 aliphatic rings. The van der Waals surface area contributed by atoms with Gasteiger partial charge in [0.15, 0.2) is 0 Å². The van der Waals surface area contributed by atoms with E-state index in [2.05, 4.69) is 42.5 Å². The summed E-state index contributed by atoms with van der Waals surface area (Å²) in [5, 5.41) is 22.7. The monoisotopic (exact) mass is 917 g/mol. The van der Waals surface area contributed by atoms with Gasteiger partial charge in [-0.05, 0) is 19.3 Å². The van der Waals surface area contributed by atoms with Crippen molar-refractivity contribution in [3.63, 3.8) is 0 Å². The largest absolute Gasteiger partial charge is 0.480 e. The highest BCUT2D eigenvalue weighted by atomic mass is 79.9. The summed E-state index contributed by atoms with van der Waals surface area (Å²) in [6.45, 7) is 2.00. The second-order valence-electron chi connectivity index (χ2n) is 13.5. The predicted octanol–water partition coefficient (Wildman–Crippen LogP) is 1.61. The van der Waals surface area contributed by atoms with Crippen LogP contribution >= 0.6 is 15.9 Å². The zero-order valence-corrected chi connectivity index (χ0v) is 36.3. The molecule has 0 rings (SSSR count). The topological polar surface area (TPSA) is 274 Å². The Morgan fingerprint density at radius 2 is 0.914 bits per heavy atom. The van der Waals surface area contributed by atoms with Gasteiger partial charge < -0.3 is 50.6 Å². The first kappa shape index (κ1) is 55.0. The van der Waals surface area contributed by atoms with Crippen molar-refractivity contribution in [2.75, 3.05) is 90.1 Å². The molecule has 5 amide bonds. The van der Waals surface area contributed by atoms with E-state index >= 15 is 0 Å². The molecular weight excluding hydrogens is 850 g/mol. The van der Waals surface area contributed by atoms with Gasteiger partial charge in [0.2, 0.25) is 29.5 Å². The molecule has 0 spiro atoms. The first-order valence-corrected chi connectivity index (χ1v) is 23.0. The summed E-state index contributed by atoms with van der Waals surface area (Å²) in [5.74, 6) is -2.88. The second kappa shape index (κ2) is 38.3. The van der Waals surface area contributed by atoms with Gasteiger partial charge in [-0.25, -0.2) is 4.79 Å². The van der Waals surface area contributed by atoms with E-state index in [-0.39, 0.29) is 126 Å². The van der Waals surface area contributed by atoms with E-state index < -0.39 is 22.1 Å². The molecule has 0 radical (unpaired) electrons. The van der Waals surface area contributed by atoms with Crippen LogP contribution in [0.4, 0.5) is 0 Å². The lowest BCUT2D eigenvalue weighted by Gasteiger charge is -2.14. The van der Waals surface area contributed by atoms with Crippen LogP contribution in [-0.2, 0) is 57.8 Å². The minimum absolute atomic E-state index is 0.0404. The van der Waals surface area contributed by atoms with Crippen LogP contribution in [0, 0.1) is 0 Å². The Labute approximate surface area is 351 Å². The highest BCUT2D eigenvalue weighted by Gasteiger charge is 2.20. The van der Waals surface area contributed by atoms with E-state index in [9.17, 15) is 42.3 Å². The Bertz CT molecular complexity index is 1250. The highest BCUT2D eigenvalue weighted by Crippen LogP contribution is 2.13. The van der Waals surface area contributed by atoms with Gasteiger partial charge >= 0.3 is 5.97 Å². The molecule has 338 valence electrons. The molecule has 1 unspecified atom stereocenters. The third kappa shape index (κ3) is 39.9. The third-order valence-corrected chi connectivity index (χ3v) is 9.65.